The smallest absolute Gasteiger partial charge is 0.00535 e. The Bertz CT molecular complexity index is 149. The van der Waals surface area contributed by atoms with Gasteiger partial charge in [0, 0.05) is 6.42 Å². The maximum Gasteiger partial charge on any atom is 0.00535 e. The summed E-state index contributed by atoms with van der Waals surface area (Å²) >= 11 is 0. The summed E-state index contributed by atoms with van der Waals surface area (Å²) in [4.78, 5) is 0. The first kappa shape index (κ1) is 6.34. The molecule has 1 aliphatic rings. The molecule has 0 aliphatic heterocycles. The summed E-state index contributed by atoms with van der Waals surface area (Å²) in [5.74, 6) is 0. The first-order valence-corrected chi connectivity index (χ1v) is 3.25. The standard InChI is InChI=1S/C9H11/c1-2-3-6-9-7-4-5-8-9/h2,4-5,7-8H,1,3,6H2. The van der Waals surface area contributed by atoms with Gasteiger partial charge in [-0.25, -0.2) is 0 Å². The minimum absolute atomic E-state index is 1.09. The van der Waals surface area contributed by atoms with Crippen LogP contribution in [0.1, 0.15) is 12.8 Å². The van der Waals surface area contributed by atoms with E-state index >= 15 is 0 Å². The summed E-state index contributed by atoms with van der Waals surface area (Å²) in [5, 5.41) is 0. The second-order valence-electron chi connectivity index (χ2n) is 2.12. The van der Waals surface area contributed by atoms with Gasteiger partial charge < -0.3 is 0 Å². The lowest BCUT2D eigenvalue weighted by molar-refractivity contribution is 1.01. The van der Waals surface area contributed by atoms with Crippen molar-refractivity contribution in [2.45, 2.75) is 12.8 Å². The van der Waals surface area contributed by atoms with Crippen molar-refractivity contribution in [1.82, 2.24) is 0 Å². The summed E-state index contributed by atoms with van der Waals surface area (Å²) < 4.78 is 0. The Balaban J connectivity index is 2.27. The molecule has 0 saturated heterocycles. The van der Waals surface area contributed by atoms with Gasteiger partial charge in [0.2, 0.25) is 0 Å². The van der Waals surface area contributed by atoms with Gasteiger partial charge >= 0.3 is 0 Å². The van der Waals surface area contributed by atoms with Crippen molar-refractivity contribution in [3.05, 3.63) is 42.9 Å². The van der Waals surface area contributed by atoms with Gasteiger partial charge in [-0.1, -0.05) is 29.9 Å². The second kappa shape index (κ2) is 3.29. The molecule has 0 nitrogen and oxygen atoms in total. The molecule has 1 radical (unpaired) electrons. The van der Waals surface area contributed by atoms with E-state index in [4.69, 9.17) is 0 Å². The van der Waals surface area contributed by atoms with Crippen LogP contribution in [0.3, 0.4) is 0 Å². The third kappa shape index (κ3) is 1.88. The Kier molecular flexibility index (Phi) is 2.32. The van der Waals surface area contributed by atoms with Crippen molar-refractivity contribution in [3.8, 4) is 0 Å². The summed E-state index contributed by atoms with van der Waals surface area (Å²) in [6, 6.07) is 0. The predicted octanol–water partition coefficient (Wildman–Crippen LogP) is 2.65. The molecule has 9 heavy (non-hydrogen) atoms. The molecule has 47 valence electrons. The average Bonchev–Trinajstić information content (AvgIpc) is 2.34. The molecule has 1 rings (SSSR count). The van der Waals surface area contributed by atoms with E-state index in [2.05, 4.69) is 31.2 Å². The molecule has 0 heterocycles. The van der Waals surface area contributed by atoms with Crippen LogP contribution in [0.5, 0.6) is 0 Å². The largest absolute Gasteiger partial charge is 0.103 e. The Hall–Kier alpha value is -0.780. The fraction of sp³-hybridized carbons (Fsp3) is 0.222. The van der Waals surface area contributed by atoms with Gasteiger partial charge in [-0.3, -0.25) is 0 Å². The van der Waals surface area contributed by atoms with Gasteiger partial charge in [0.25, 0.3) is 0 Å². The fourth-order valence-corrected chi connectivity index (χ4v) is 0.849. The third-order valence-electron chi connectivity index (χ3n) is 1.37. The van der Waals surface area contributed by atoms with E-state index in [9.17, 15) is 0 Å². The van der Waals surface area contributed by atoms with Gasteiger partial charge in [-0.05, 0) is 12.8 Å². The molecular formula is C9H11. The molecule has 0 N–H and O–H groups in total. The summed E-state index contributed by atoms with van der Waals surface area (Å²) in [6.45, 7) is 3.66. The third-order valence-corrected chi connectivity index (χ3v) is 1.37. The van der Waals surface area contributed by atoms with Crippen LogP contribution in [0.4, 0.5) is 0 Å². The van der Waals surface area contributed by atoms with Gasteiger partial charge in [0.1, 0.15) is 0 Å². The van der Waals surface area contributed by atoms with Gasteiger partial charge in [-0.15, -0.1) is 6.58 Å². The highest BCUT2D eigenvalue weighted by Crippen LogP contribution is 2.13. The summed E-state index contributed by atoms with van der Waals surface area (Å²) in [6.07, 6.45) is 12.6. The van der Waals surface area contributed by atoms with Crippen LogP contribution in [-0.2, 0) is 0 Å². The van der Waals surface area contributed by atoms with E-state index in [1.54, 1.807) is 0 Å². The van der Waals surface area contributed by atoms with Crippen LogP contribution < -0.4 is 0 Å². The molecule has 0 aromatic rings. The zero-order valence-electron chi connectivity index (χ0n) is 5.51. The maximum absolute atomic E-state index is 3.66. The lowest BCUT2D eigenvalue weighted by atomic mass is 10.1. The molecule has 0 saturated carbocycles. The molecule has 0 aromatic heterocycles. The van der Waals surface area contributed by atoms with Crippen LogP contribution in [0.2, 0.25) is 0 Å². The molecule has 1 aliphatic carbocycles. The van der Waals surface area contributed by atoms with Crippen LogP contribution in [0, 0.1) is 6.42 Å². The first-order valence-electron chi connectivity index (χ1n) is 3.25. The van der Waals surface area contributed by atoms with E-state index < -0.39 is 0 Å². The molecule has 0 spiro atoms. The maximum atomic E-state index is 3.66. The highest BCUT2D eigenvalue weighted by molar-refractivity contribution is 5.33. The van der Waals surface area contributed by atoms with Crippen LogP contribution >= 0.6 is 0 Å². The quantitative estimate of drug-likeness (QED) is 0.501. The minimum atomic E-state index is 1.09. The number of allylic oxidation sites excluding steroid dienone is 5. The minimum Gasteiger partial charge on any atom is -0.103 e. The predicted molar refractivity (Wildman–Crippen MR) is 41.0 cm³/mol. The van der Waals surface area contributed by atoms with Crippen LogP contribution in [-0.4, -0.2) is 0 Å². The Labute approximate surface area is 56.6 Å². The molecule has 0 amide bonds. The molecule has 0 heteroatoms. The highest BCUT2D eigenvalue weighted by atomic mass is 14.0. The zero-order valence-corrected chi connectivity index (χ0v) is 5.51. The normalized spacial score (nSPS) is 15.8. The second-order valence-corrected chi connectivity index (χ2v) is 2.12. The van der Waals surface area contributed by atoms with Crippen LogP contribution in [0.25, 0.3) is 0 Å². The summed E-state index contributed by atoms with van der Waals surface area (Å²) in [7, 11) is 0. The number of hydrogen-bond acceptors (Lipinski definition) is 0. The van der Waals surface area contributed by atoms with Gasteiger partial charge in [0.15, 0.2) is 0 Å². The SMILES string of the molecule is C=CCCC1=C[CH]C=C1. The van der Waals surface area contributed by atoms with Crippen molar-refractivity contribution in [2.75, 3.05) is 0 Å². The van der Waals surface area contributed by atoms with E-state index in [1.165, 1.54) is 5.57 Å². The molecule has 0 unspecified atom stereocenters. The molecule has 0 fully saturated rings. The molecule has 0 atom stereocenters. The van der Waals surface area contributed by atoms with Gasteiger partial charge in [-0.2, -0.15) is 0 Å². The zero-order chi connectivity index (χ0) is 6.53. The first-order chi connectivity index (χ1) is 4.43. The van der Waals surface area contributed by atoms with E-state index in [1.807, 2.05) is 6.08 Å². The van der Waals surface area contributed by atoms with Crippen molar-refractivity contribution < 1.29 is 0 Å². The fourth-order valence-electron chi connectivity index (χ4n) is 0.849. The van der Waals surface area contributed by atoms with E-state index in [0.29, 0.717) is 0 Å². The highest BCUT2D eigenvalue weighted by Gasteiger charge is 1.94. The monoisotopic (exact) mass is 119 g/mol. The molecule has 0 aromatic carbocycles. The Morgan fingerprint density at radius 2 is 2.44 bits per heavy atom. The number of hydrogen-bond donors (Lipinski definition) is 0. The van der Waals surface area contributed by atoms with Crippen LogP contribution in [0.15, 0.2) is 36.5 Å². The van der Waals surface area contributed by atoms with Crippen molar-refractivity contribution in [3.63, 3.8) is 0 Å². The van der Waals surface area contributed by atoms with Crippen molar-refractivity contribution >= 4 is 0 Å². The Morgan fingerprint density at radius 3 is 3.00 bits per heavy atom. The van der Waals surface area contributed by atoms with Crippen molar-refractivity contribution in [2.24, 2.45) is 0 Å². The molecule has 0 bridgehead atoms. The summed E-state index contributed by atoms with van der Waals surface area (Å²) in [5.41, 5.74) is 1.41. The molecular weight excluding hydrogens is 108 g/mol. The lowest BCUT2D eigenvalue weighted by Gasteiger charge is -1.91. The topological polar surface area (TPSA) is 0 Å². The number of rotatable bonds is 3. The van der Waals surface area contributed by atoms with Crippen molar-refractivity contribution in [1.29, 1.82) is 0 Å². The van der Waals surface area contributed by atoms with Gasteiger partial charge in [0.05, 0.1) is 0 Å². The average molecular weight is 119 g/mol. The van der Waals surface area contributed by atoms with E-state index in [0.717, 1.165) is 12.8 Å². The van der Waals surface area contributed by atoms with E-state index in [-0.39, 0.29) is 0 Å². The Morgan fingerprint density at radius 1 is 1.56 bits per heavy atom. The lowest BCUT2D eigenvalue weighted by Crippen LogP contribution is -1.72.